The number of halogens is 1. The lowest BCUT2D eigenvalue weighted by atomic mass is 9.92. The zero-order valence-corrected chi connectivity index (χ0v) is 19.2. The quantitative estimate of drug-likeness (QED) is 0.197. The molecule has 1 aromatic rings. The number of alkyl halides is 1. The fourth-order valence-corrected chi connectivity index (χ4v) is 4.66. The van der Waals surface area contributed by atoms with Crippen LogP contribution in [0.5, 0.6) is 5.75 Å². The highest BCUT2D eigenvalue weighted by Gasteiger charge is 2.41. The number of allylic oxidation sites excluding steroid dienone is 2. The Bertz CT molecular complexity index is 692. The Labute approximate surface area is 191 Å². The molecule has 1 aliphatic rings. The molecular weight excluding hydrogens is 416 g/mol. The molecule has 0 heterocycles. The summed E-state index contributed by atoms with van der Waals surface area (Å²) < 4.78 is 6.01. The van der Waals surface area contributed by atoms with Gasteiger partial charge in [-0.25, -0.2) is 0 Å². The van der Waals surface area contributed by atoms with Gasteiger partial charge in [0.1, 0.15) is 5.75 Å². The molecule has 0 saturated heterocycles. The number of aliphatic carboxylic acids is 1. The van der Waals surface area contributed by atoms with E-state index in [1.54, 1.807) is 0 Å². The third-order valence-electron chi connectivity index (χ3n) is 6.08. The highest BCUT2D eigenvalue weighted by Crippen LogP contribution is 2.39. The maximum Gasteiger partial charge on any atom is 0.303 e. The lowest BCUT2D eigenvalue weighted by Crippen LogP contribution is -2.27. The van der Waals surface area contributed by atoms with Gasteiger partial charge >= 0.3 is 5.97 Å². The van der Waals surface area contributed by atoms with Gasteiger partial charge in [-0.1, -0.05) is 50.5 Å². The molecule has 174 valence electrons. The van der Waals surface area contributed by atoms with Gasteiger partial charge < -0.3 is 20.1 Å². The van der Waals surface area contributed by atoms with E-state index in [2.05, 4.69) is 6.92 Å². The molecule has 1 aromatic carbocycles. The van der Waals surface area contributed by atoms with E-state index in [1.807, 2.05) is 36.4 Å². The van der Waals surface area contributed by atoms with Crippen LogP contribution >= 0.6 is 11.6 Å². The van der Waals surface area contributed by atoms with Crippen molar-refractivity contribution in [2.75, 3.05) is 6.61 Å². The largest absolute Gasteiger partial charge is 0.493 e. The number of hydrogen-bond acceptors (Lipinski definition) is 4. The third-order valence-corrected chi connectivity index (χ3v) is 6.58. The average molecular weight is 453 g/mol. The average Bonchev–Trinajstić information content (AvgIpc) is 3.01. The number of benzene rings is 1. The molecule has 0 aromatic heterocycles. The predicted molar refractivity (Wildman–Crippen MR) is 124 cm³/mol. The molecule has 2 rings (SSSR count). The predicted octanol–water partition coefficient (Wildman–Crippen LogP) is 5.48. The highest BCUT2D eigenvalue weighted by molar-refractivity contribution is 6.21. The van der Waals surface area contributed by atoms with Crippen LogP contribution < -0.4 is 4.74 Å². The van der Waals surface area contributed by atoms with Gasteiger partial charge in [0.05, 0.1) is 18.8 Å². The van der Waals surface area contributed by atoms with Crippen LogP contribution in [0.4, 0.5) is 0 Å². The van der Waals surface area contributed by atoms with E-state index >= 15 is 0 Å². The summed E-state index contributed by atoms with van der Waals surface area (Å²) in [5.74, 6) is -0.0392. The molecule has 1 saturated carbocycles. The fourth-order valence-electron chi connectivity index (χ4n) is 4.19. The van der Waals surface area contributed by atoms with Gasteiger partial charge in [-0.05, 0) is 55.7 Å². The Kier molecular flexibility index (Phi) is 11.4. The molecule has 1 aliphatic carbocycles. The van der Waals surface area contributed by atoms with Crippen LogP contribution in [0.3, 0.4) is 0 Å². The molecule has 6 heteroatoms. The molecule has 5 nitrogen and oxygen atoms in total. The summed E-state index contributed by atoms with van der Waals surface area (Å²) in [5, 5.41) is 29.5. The van der Waals surface area contributed by atoms with Crippen molar-refractivity contribution in [1.82, 2.24) is 0 Å². The zero-order valence-electron chi connectivity index (χ0n) is 18.5. The van der Waals surface area contributed by atoms with E-state index in [1.165, 1.54) is 0 Å². The van der Waals surface area contributed by atoms with Crippen molar-refractivity contribution < 1.29 is 24.9 Å². The minimum absolute atomic E-state index is 0.0655. The normalized spacial score (nSPS) is 24.5. The zero-order chi connectivity index (χ0) is 22.6. The number of carboxylic acid groups (broad SMARTS) is 1. The lowest BCUT2D eigenvalue weighted by Gasteiger charge is -2.23. The molecular formula is C25H37ClO5. The first-order valence-corrected chi connectivity index (χ1v) is 12.0. The van der Waals surface area contributed by atoms with Gasteiger partial charge in [-0.2, -0.15) is 0 Å². The first-order valence-electron chi connectivity index (χ1n) is 11.5. The molecule has 3 N–H and O–H groups in total. The number of aliphatic hydroxyl groups excluding tert-OH is 2. The Morgan fingerprint density at radius 3 is 2.81 bits per heavy atom. The second kappa shape index (κ2) is 13.8. The number of ether oxygens (including phenoxy) is 1. The Hall–Kier alpha value is -1.56. The summed E-state index contributed by atoms with van der Waals surface area (Å²) in [7, 11) is 0. The van der Waals surface area contributed by atoms with Crippen LogP contribution in [0.15, 0.2) is 36.4 Å². The monoisotopic (exact) mass is 452 g/mol. The van der Waals surface area contributed by atoms with Crippen LogP contribution in [-0.4, -0.2) is 39.4 Å². The van der Waals surface area contributed by atoms with Crippen molar-refractivity contribution in [3.63, 3.8) is 0 Å². The first kappa shape index (κ1) is 25.7. The maximum absolute atomic E-state index is 10.6. The van der Waals surface area contributed by atoms with E-state index in [9.17, 15) is 15.0 Å². The van der Waals surface area contributed by atoms with E-state index in [0.29, 0.717) is 25.2 Å². The Morgan fingerprint density at radius 2 is 2.06 bits per heavy atom. The summed E-state index contributed by atoms with van der Waals surface area (Å²) in [6, 6.07) is 7.56. The summed E-state index contributed by atoms with van der Waals surface area (Å²) in [4.78, 5) is 10.6. The number of carboxylic acids is 1. The number of aliphatic hydroxyl groups is 2. The molecule has 1 unspecified atom stereocenters. The first-order chi connectivity index (χ1) is 14.9. The minimum atomic E-state index is -0.775. The number of rotatable bonds is 14. The fraction of sp³-hybridized carbons (Fsp3) is 0.640. The van der Waals surface area contributed by atoms with Crippen molar-refractivity contribution in [3.05, 3.63) is 42.0 Å². The lowest BCUT2D eigenvalue weighted by molar-refractivity contribution is -0.137. The molecule has 0 amide bonds. The van der Waals surface area contributed by atoms with Crippen molar-refractivity contribution in [1.29, 1.82) is 0 Å². The van der Waals surface area contributed by atoms with E-state index in [-0.39, 0.29) is 23.6 Å². The van der Waals surface area contributed by atoms with Gasteiger partial charge in [0.2, 0.25) is 0 Å². The molecule has 1 fully saturated rings. The molecule has 0 radical (unpaired) electrons. The number of unbranched alkanes of at least 4 members (excludes halogenated alkanes) is 3. The van der Waals surface area contributed by atoms with Gasteiger partial charge in [0.25, 0.3) is 0 Å². The van der Waals surface area contributed by atoms with Gasteiger partial charge in [0, 0.05) is 17.7 Å². The van der Waals surface area contributed by atoms with Gasteiger partial charge in [-0.3, -0.25) is 4.79 Å². The maximum atomic E-state index is 10.6. The standard InChI is InChI=1S/C25H37ClO5/c1-2-3-6-13-23(27)18-10-9-11-19(15-18)31-17-21-20(22(26)16-24(21)28)12-7-4-5-8-14-25(29)30/h4,7,9-11,15,20-24,27-28H,2-3,5-6,8,12-14,16-17H2,1H3,(H,29,30)/b7-4-/t20?,21-,22-,23-,24-/m1/s1. The van der Waals surface area contributed by atoms with Crippen molar-refractivity contribution in [3.8, 4) is 5.75 Å². The van der Waals surface area contributed by atoms with Gasteiger partial charge in [-0.15, -0.1) is 11.6 Å². The molecule has 0 aliphatic heterocycles. The Balaban J connectivity index is 1.87. The minimum Gasteiger partial charge on any atom is -0.493 e. The van der Waals surface area contributed by atoms with Crippen LogP contribution in [0.25, 0.3) is 0 Å². The van der Waals surface area contributed by atoms with Crippen molar-refractivity contribution in [2.45, 2.75) is 82.3 Å². The molecule has 31 heavy (non-hydrogen) atoms. The van der Waals surface area contributed by atoms with Crippen LogP contribution in [-0.2, 0) is 4.79 Å². The van der Waals surface area contributed by atoms with Gasteiger partial charge in [0.15, 0.2) is 0 Å². The van der Waals surface area contributed by atoms with E-state index < -0.39 is 18.2 Å². The highest BCUT2D eigenvalue weighted by atomic mass is 35.5. The number of hydrogen-bond donors (Lipinski definition) is 3. The molecule has 0 bridgehead atoms. The van der Waals surface area contributed by atoms with E-state index in [4.69, 9.17) is 21.4 Å². The summed E-state index contributed by atoms with van der Waals surface area (Å²) in [6.07, 6.45) is 9.83. The topological polar surface area (TPSA) is 87.0 Å². The second-order valence-electron chi connectivity index (χ2n) is 8.53. The summed E-state index contributed by atoms with van der Waals surface area (Å²) in [5.41, 5.74) is 0.858. The SMILES string of the molecule is CCCCC[C@@H](O)c1cccc(OC[C@@H]2C(C/C=C\CCCC(=O)O)[C@H](Cl)C[C@H]2O)c1. The summed E-state index contributed by atoms with van der Waals surface area (Å²) >= 11 is 6.50. The van der Waals surface area contributed by atoms with Crippen molar-refractivity contribution in [2.24, 2.45) is 11.8 Å². The van der Waals surface area contributed by atoms with Crippen LogP contribution in [0.1, 0.15) is 76.4 Å². The molecule has 0 spiro atoms. The second-order valence-corrected chi connectivity index (χ2v) is 9.10. The van der Waals surface area contributed by atoms with Crippen LogP contribution in [0, 0.1) is 11.8 Å². The third kappa shape index (κ3) is 8.83. The number of carbonyl (C=O) groups is 1. The van der Waals surface area contributed by atoms with Crippen molar-refractivity contribution >= 4 is 17.6 Å². The Morgan fingerprint density at radius 1 is 1.26 bits per heavy atom. The van der Waals surface area contributed by atoms with Crippen LogP contribution in [0.2, 0.25) is 0 Å². The summed E-state index contributed by atoms with van der Waals surface area (Å²) in [6.45, 7) is 2.52. The molecule has 5 atom stereocenters. The smallest absolute Gasteiger partial charge is 0.303 e. The van der Waals surface area contributed by atoms with E-state index in [0.717, 1.165) is 44.1 Å².